The first-order valence-corrected chi connectivity index (χ1v) is 9.01. The van der Waals surface area contributed by atoms with Crippen molar-refractivity contribution in [2.75, 3.05) is 22.3 Å². The van der Waals surface area contributed by atoms with Crippen LogP contribution < -0.4 is 16.6 Å². The lowest BCUT2D eigenvalue weighted by atomic mass is 10.2. The second-order valence-corrected chi connectivity index (χ2v) is 6.37. The molecule has 3 rings (SSSR count). The van der Waals surface area contributed by atoms with Crippen LogP contribution in [-0.2, 0) is 4.79 Å². The van der Waals surface area contributed by atoms with Crippen molar-refractivity contribution in [3.05, 3.63) is 60.4 Å². The number of nitrogen functional groups attached to an aromatic ring is 1. The van der Waals surface area contributed by atoms with Gasteiger partial charge in [-0.15, -0.1) is 10.2 Å². The number of hydrogen-bond acceptors (Lipinski definition) is 8. The number of hydrazone groups is 1. The molecule has 2 heterocycles. The summed E-state index contributed by atoms with van der Waals surface area (Å²) in [5.41, 5.74) is 5.18. The molecule has 0 spiro atoms. The number of aromatic nitrogens is 4. The maximum atomic E-state index is 12.0. The van der Waals surface area contributed by atoms with Gasteiger partial charge in [-0.3, -0.25) is 9.78 Å². The van der Waals surface area contributed by atoms with Crippen molar-refractivity contribution < 1.29 is 4.79 Å². The average Bonchev–Trinajstić information content (AvgIpc) is 3.05. The molecule has 0 saturated carbocycles. The van der Waals surface area contributed by atoms with E-state index < -0.39 is 0 Å². The van der Waals surface area contributed by atoms with Crippen molar-refractivity contribution in [1.82, 2.24) is 19.9 Å². The molecule has 0 atom stereocenters. The molecule has 3 aromatic rings. The Labute approximate surface area is 160 Å². The van der Waals surface area contributed by atoms with Gasteiger partial charge in [0.2, 0.25) is 11.1 Å². The number of benzene rings is 1. The molecule has 27 heavy (non-hydrogen) atoms. The minimum Gasteiger partial charge on any atom is -0.334 e. The molecule has 9 nitrogen and oxygen atoms in total. The summed E-state index contributed by atoms with van der Waals surface area (Å²) in [6.07, 6.45) is 3.38. The van der Waals surface area contributed by atoms with Crippen molar-refractivity contribution in [2.24, 2.45) is 5.10 Å². The van der Waals surface area contributed by atoms with E-state index in [1.54, 1.807) is 12.4 Å². The third-order valence-corrected chi connectivity index (χ3v) is 4.42. The fourth-order valence-corrected chi connectivity index (χ4v) is 2.75. The smallest absolute Gasteiger partial charge is 0.264 e. The number of carbonyl (C=O) groups excluding carboxylic acids is 1. The third-order valence-electron chi connectivity index (χ3n) is 3.48. The van der Waals surface area contributed by atoms with Crippen LogP contribution in [0.5, 0.6) is 0 Å². The molecule has 0 bridgehead atoms. The first-order valence-electron chi connectivity index (χ1n) is 8.02. The Kier molecular flexibility index (Phi) is 6.00. The molecular formula is C17H18N8OS. The molecule has 0 fully saturated rings. The number of pyridine rings is 1. The summed E-state index contributed by atoms with van der Waals surface area (Å²) >= 11 is 1.18. The summed E-state index contributed by atoms with van der Waals surface area (Å²) in [6, 6.07) is 12.9. The summed E-state index contributed by atoms with van der Waals surface area (Å²) in [6.45, 7) is 1.85. The van der Waals surface area contributed by atoms with E-state index in [0.29, 0.717) is 5.16 Å². The van der Waals surface area contributed by atoms with Gasteiger partial charge in [0.15, 0.2) is 0 Å². The number of amides is 1. The number of anilines is 2. The van der Waals surface area contributed by atoms with Gasteiger partial charge in [0, 0.05) is 23.6 Å². The molecule has 0 aliphatic heterocycles. The minimum atomic E-state index is -0.157. The van der Waals surface area contributed by atoms with E-state index in [0.717, 1.165) is 17.0 Å². The maximum absolute atomic E-state index is 12.0. The number of rotatable bonds is 7. The number of thioether (sulfide) groups is 1. The van der Waals surface area contributed by atoms with Crippen LogP contribution in [0.1, 0.15) is 12.5 Å². The largest absolute Gasteiger partial charge is 0.334 e. The second-order valence-electron chi connectivity index (χ2n) is 5.42. The molecule has 2 aromatic heterocycles. The highest BCUT2D eigenvalue weighted by Gasteiger charge is 2.12. The van der Waals surface area contributed by atoms with Gasteiger partial charge in [0.1, 0.15) is 0 Å². The standard InChI is InChI=1S/C17H18N8OS/c1-12(13-7-9-19-10-8-13)21-22-16-23-24-17(25(16)18)27-11-15(26)20-14-5-3-2-4-6-14/h2-10H,11,18H2,1H3,(H,20,26)(H,22,23)/b21-12+. The SMILES string of the molecule is C/C(=N\Nc1nnc(SCC(=O)Nc2ccccc2)n1N)c1ccncc1. The molecule has 0 aliphatic rings. The second kappa shape index (κ2) is 8.81. The molecule has 138 valence electrons. The first-order chi connectivity index (χ1) is 13.1. The Morgan fingerprint density at radius 3 is 2.67 bits per heavy atom. The van der Waals surface area contributed by atoms with E-state index in [9.17, 15) is 4.79 Å². The highest BCUT2D eigenvalue weighted by molar-refractivity contribution is 7.99. The lowest BCUT2D eigenvalue weighted by molar-refractivity contribution is -0.113. The number of nitrogens with one attached hydrogen (secondary N) is 2. The van der Waals surface area contributed by atoms with Gasteiger partial charge in [-0.25, -0.2) is 10.1 Å². The zero-order valence-electron chi connectivity index (χ0n) is 14.5. The number of nitrogens with zero attached hydrogens (tertiary/aromatic N) is 5. The van der Waals surface area contributed by atoms with Crippen LogP contribution in [0, 0.1) is 0 Å². The molecule has 0 saturated heterocycles. The van der Waals surface area contributed by atoms with Crippen LogP contribution in [0.3, 0.4) is 0 Å². The fourth-order valence-electron chi connectivity index (χ4n) is 2.09. The minimum absolute atomic E-state index is 0.156. The van der Waals surface area contributed by atoms with Gasteiger partial charge in [0.05, 0.1) is 11.5 Å². The van der Waals surface area contributed by atoms with E-state index in [4.69, 9.17) is 5.84 Å². The quantitative estimate of drug-likeness (QED) is 0.247. The molecule has 4 N–H and O–H groups in total. The molecule has 0 unspecified atom stereocenters. The maximum Gasteiger partial charge on any atom is 0.264 e. The van der Waals surface area contributed by atoms with Gasteiger partial charge in [-0.05, 0) is 31.2 Å². The Morgan fingerprint density at radius 1 is 1.19 bits per heavy atom. The number of para-hydroxylation sites is 1. The van der Waals surface area contributed by atoms with Gasteiger partial charge in [-0.2, -0.15) is 5.10 Å². The summed E-state index contributed by atoms with van der Waals surface area (Å²) in [4.78, 5) is 16.0. The normalized spacial score (nSPS) is 11.2. The highest BCUT2D eigenvalue weighted by atomic mass is 32.2. The van der Waals surface area contributed by atoms with Crippen LogP contribution >= 0.6 is 11.8 Å². The predicted molar refractivity (Wildman–Crippen MR) is 106 cm³/mol. The molecule has 1 aromatic carbocycles. The average molecular weight is 382 g/mol. The van der Waals surface area contributed by atoms with Gasteiger partial charge < -0.3 is 11.2 Å². The van der Waals surface area contributed by atoms with Crippen molar-refractivity contribution in [3.63, 3.8) is 0 Å². The molecule has 10 heteroatoms. The third kappa shape index (κ3) is 5.05. The van der Waals surface area contributed by atoms with E-state index in [2.05, 4.69) is 31.0 Å². The van der Waals surface area contributed by atoms with Gasteiger partial charge in [0.25, 0.3) is 5.95 Å². The summed E-state index contributed by atoms with van der Waals surface area (Å²) < 4.78 is 1.25. The van der Waals surface area contributed by atoms with Crippen molar-refractivity contribution in [3.8, 4) is 0 Å². The van der Waals surface area contributed by atoms with Crippen LogP contribution in [0.2, 0.25) is 0 Å². The van der Waals surface area contributed by atoms with E-state index in [-0.39, 0.29) is 17.6 Å². The lowest BCUT2D eigenvalue weighted by Crippen LogP contribution is -2.17. The van der Waals surface area contributed by atoms with Gasteiger partial charge in [-0.1, -0.05) is 30.0 Å². The first kappa shape index (κ1) is 18.4. The fraction of sp³-hybridized carbons (Fsp3) is 0.118. The van der Waals surface area contributed by atoms with Crippen LogP contribution in [0.25, 0.3) is 0 Å². The monoisotopic (exact) mass is 382 g/mol. The number of nitrogens with two attached hydrogens (primary N) is 1. The van der Waals surface area contributed by atoms with Gasteiger partial charge >= 0.3 is 0 Å². The molecule has 0 aliphatic carbocycles. The number of carbonyl (C=O) groups is 1. The van der Waals surface area contributed by atoms with E-state index in [1.807, 2.05) is 49.4 Å². The van der Waals surface area contributed by atoms with Crippen LogP contribution in [0.15, 0.2) is 65.1 Å². The van der Waals surface area contributed by atoms with Crippen molar-refractivity contribution >= 4 is 35.0 Å². The highest BCUT2D eigenvalue weighted by Crippen LogP contribution is 2.17. The van der Waals surface area contributed by atoms with Crippen molar-refractivity contribution in [2.45, 2.75) is 12.1 Å². The Hall–Kier alpha value is -3.40. The van der Waals surface area contributed by atoms with E-state index in [1.165, 1.54) is 16.4 Å². The zero-order valence-corrected chi connectivity index (χ0v) is 15.3. The Bertz CT molecular complexity index is 927. The molecule has 0 radical (unpaired) electrons. The zero-order chi connectivity index (χ0) is 19.1. The number of hydrogen-bond donors (Lipinski definition) is 3. The van der Waals surface area contributed by atoms with Crippen LogP contribution in [-0.4, -0.2) is 37.2 Å². The molecular weight excluding hydrogens is 364 g/mol. The predicted octanol–water partition coefficient (Wildman–Crippen LogP) is 1.95. The summed E-state index contributed by atoms with van der Waals surface area (Å²) in [5, 5.41) is 15.4. The Morgan fingerprint density at radius 2 is 1.93 bits per heavy atom. The van der Waals surface area contributed by atoms with E-state index >= 15 is 0 Å². The summed E-state index contributed by atoms with van der Waals surface area (Å²) in [7, 11) is 0. The molecule has 1 amide bonds. The summed E-state index contributed by atoms with van der Waals surface area (Å²) in [5.74, 6) is 6.24. The lowest BCUT2D eigenvalue weighted by Gasteiger charge is -2.05. The Balaban J connectivity index is 1.56. The van der Waals surface area contributed by atoms with Crippen molar-refractivity contribution in [1.29, 1.82) is 0 Å². The topological polar surface area (TPSA) is 123 Å². The van der Waals surface area contributed by atoms with Crippen LogP contribution in [0.4, 0.5) is 11.6 Å².